The van der Waals surface area contributed by atoms with Crippen LogP contribution >= 0.6 is 0 Å². The molecule has 5 nitrogen and oxygen atoms in total. The zero-order chi connectivity index (χ0) is 15.3. The van der Waals surface area contributed by atoms with Gasteiger partial charge in [0.05, 0.1) is 5.92 Å². The average molecular weight is 291 g/mol. The molecule has 0 aromatic rings. The number of carbonyl (C=O) groups excluding carboxylic acids is 1. The molecule has 0 radical (unpaired) electrons. The van der Waals surface area contributed by atoms with Gasteiger partial charge in [0.1, 0.15) is 11.6 Å². The minimum atomic E-state index is -3.04. The lowest BCUT2D eigenvalue weighted by atomic mass is 9.72. The molecular weight excluding hydrogens is 272 g/mol. The maximum absolute atomic E-state index is 13.8. The third-order valence-electron chi connectivity index (χ3n) is 3.79. The molecule has 1 saturated carbocycles. The maximum atomic E-state index is 13.8. The number of carbonyl (C=O) groups is 2. The molecule has 0 aromatic carbocycles. The fourth-order valence-corrected chi connectivity index (χ4v) is 3.07. The van der Waals surface area contributed by atoms with Crippen LogP contribution in [0, 0.1) is 5.92 Å². The lowest BCUT2D eigenvalue weighted by Crippen LogP contribution is -2.67. The number of hydrogen-bond acceptors (Lipinski definition) is 3. The van der Waals surface area contributed by atoms with Crippen molar-refractivity contribution < 1.29 is 28.2 Å². The highest BCUT2D eigenvalue weighted by atomic mass is 19.3. The van der Waals surface area contributed by atoms with Crippen molar-refractivity contribution in [2.24, 2.45) is 5.92 Å². The van der Waals surface area contributed by atoms with Gasteiger partial charge < -0.3 is 9.84 Å². The minimum absolute atomic E-state index is 0.119. The summed E-state index contributed by atoms with van der Waals surface area (Å²) < 4.78 is 32.8. The zero-order valence-electron chi connectivity index (χ0n) is 11.7. The van der Waals surface area contributed by atoms with Crippen molar-refractivity contribution in [1.82, 2.24) is 4.90 Å². The summed E-state index contributed by atoms with van der Waals surface area (Å²) in [4.78, 5) is 24.5. The summed E-state index contributed by atoms with van der Waals surface area (Å²) in [5.74, 6) is -5.77. The number of fused-ring (bicyclic) bond motifs is 3. The molecule has 0 unspecified atom stereocenters. The summed E-state index contributed by atoms with van der Waals surface area (Å²) in [6, 6.07) is -2.28. The number of carboxylic acid groups (broad SMARTS) is 1. The van der Waals surface area contributed by atoms with E-state index < -0.39 is 48.0 Å². The monoisotopic (exact) mass is 291 g/mol. The van der Waals surface area contributed by atoms with E-state index in [4.69, 9.17) is 4.74 Å². The zero-order valence-corrected chi connectivity index (χ0v) is 11.7. The Morgan fingerprint density at radius 3 is 2.35 bits per heavy atom. The molecule has 1 amide bonds. The van der Waals surface area contributed by atoms with Crippen LogP contribution in [0.25, 0.3) is 0 Å². The van der Waals surface area contributed by atoms with Gasteiger partial charge in [-0.25, -0.2) is 18.4 Å². The van der Waals surface area contributed by atoms with Crippen molar-refractivity contribution in [2.75, 3.05) is 0 Å². The number of amides is 1. The lowest BCUT2D eigenvalue weighted by Gasteiger charge is -2.52. The van der Waals surface area contributed by atoms with E-state index >= 15 is 0 Å². The number of carboxylic acids is 1. The largest absolute Gasteiger partial charge is 0.480 e. The maximum Gasteiger partial charge on any atom is 0.411 e. The molecule has 3 rings (SSSR count). The van der Waals surface area contributed by atoms with Gasteiger partial charge >= 0.3 is 12.1 Å². The molecule has 0 spiro atoms. The SMILES string of the molecule is CC(C)(C)OC(=O)N1[C@H]2CC[C@@H]([C@H]1C(=O)O)C(F)(F)C2. The first-order valence-electron chi connectivity index (χ1n) is 6.65. The second-order valence-electron chi connectivity index (χ2n) is 6.47. The fraction of sp³-hybridized carbons (Fsp3) is 0.846. The second-order valence-corrected chi connectivity index (χ2v) is 6.47. The number of ether oxygens (including phenoxy) is 1. The van der Waals surface area contributed by atoms with Crippen LogP contribution in [0.1, 0.15) is 40.0 Å². The Hall–Kier alpha value is -1.40. The number of nitrogens with zero attached hydrogens (tertiary/aromatic N) is 1. The van der Waals surface area contributed by atoms with Gasteiger partial charge in [0.25, 0.3) is 5.92 Å². The van der Waals surface area contributed by atoms with E-state index in [1.54, 1.807) is 20.8 Å². The molecule has 0 aromatic heterocycles. The van der Waals surface area contributed by atoms with Crippen LogP contribution in [0.5, 0.6) is 0 Å². The molecule has 2 saturated heterocycles. The van der Waals surface area contributed by atoms with Gasteiger partial charge in [-0.3, -0.25) is 4.90 Å². The van der Waals surface area contributed by atoms with Gasteiger partial charge in [0.15, 0.2) is 0 Å². The average Bonchev–Trinajstić information content (AvgIpc) is 2.24. The number of alkyl halides is 2. The van der Waals surface area contributed by atoms with Gasteiger partial charge in [0.2, 0.25) is 0 Å². The van der Waals surface area contributed by atoms with Gasteiger partial charge in [-0.2, -0.15) is 0 Å². The van der Waals surface area contributed by atoms with Gasteiger partial charge in [0, 0.05) is 12.5 Å². The van der Waals surface area contributed by atoms with Crippen molar-refractivity contribution in [2.45, 2.75) is 63.6 Å². The van der Waals surface area contributed by atoms with E-state index in [-0.39, 0.29) is 6.42 Å². The van der Waals surface area contributed by atoms with Crippen molar-refractivity contribution >= 4 is 12.1 Å². The normalized spacial score (nSPS) is 32.0. The van der Waals surface area contributed by atoms with Gasteiger partial charge in [-0.15, -0.1) is 0 Å². The van der Waals surface area contributed by atoms with Crippen LogP contribution in [0.4, 0.5) is 13.6 Å². The molecule has 114 valence electrons. The first-order chi connectivity index (χ1) is 9.03. The molecule has 3 fully saturated rings. The topological polar surface area (TPSA) is 66.8 Å². The van der Waals surface area contributed by atoms with Crippen LogP contribution in [-0.4, -0.2) is 45.7 Å². The molecular formula is C13H19F2NO4. The Balaban J connectivity index is 2.28. The van der Waals surface area contributed by atoms with E-state index in [1.807, 2.05) is 0 Å². The van der Waals surface area contributed by atoms with Crippen LogP contribution in [0.3, 0.4) is 0 Å². The highest BCUT2D eigenvalue weighted by molar-refractivity contribution is 5.81. The van der Waals surface area contributed by atoms with E-state index in [0.29, 0.717) is 6.42 Å². The summed E-state index contributed by atoms with van der Waals surface area (Å²) in [6.45, 7) is 4.95. The third kappa shape index (κ3) is 2.58. The molecule has 1 N–H and O–H groups in total. The van der Waals surface area contributed by atoms with E-state index in [2.05, 4.69) is 0 Å². The van der Waals surface area contributed by atoms with Crippen molar-refractivity contribution in [3.8, 4) is 0 Å². The molecule has 3 aliphatic rings. The number of aliphatic carboxylic acids is 1. The number of halogens is 2. The highest BCUT2D eigenvalue weighted by Gasteiger charge is 2.61. The van der Waals surface area contributed by atoms with E-state index in [0.717, 1.165) is 4.90 Å². The highest BCUT2D eigenvalue weighted by Crippen LogP contribution is 2.49. The summed E-state index contributed by atoms with van der Waals surface area (Å²) in [7, 11) is 0. The van der Waals surface area contributed by atoms with E-state index in [1.165, 1.54) is 0 Å². The third-order valence-corrected chi connectivity index (χ3v) is 3.79. The molecule has 2 aliphatic heterocycles. The van der Waals surface area contributed by atoms with Crippen molar-refractivity contribution in [3.63, 3.8) is 0 Å². The van der Waals surface area contributed by atoms with Crippen LogP contribution in [0.15, 0.2) is 0 Å². The van der Waals surface area contributed by atoms with Gasteiger partial charge in [-0.1, -0.05) is 0 Å². The minimum Gasteiger partial charge on any atom is -0.480 e. The van der Waals surface area contributed by atoms with Crippen LogP contribution < -0.4 is 0 Å². The predicted molar refractivity (Wildman–Crippen MR) is 65.6 cm³/mol. The molecule has 1 aliphatic carbocycles. The Morgan fingerprint density at radius 1 is 1.30 bits per heavy atom. The number of hydrogen-bond donors (Lipinski definition) is 1. The molecule has 7 heteroatoms. The first-order valence-corrected chi connectivity index (χ1v) is 6.65. The standard InChI is InChI=1S/C13H19F2NO4/c1-12(2,3)20-11(19)16-7-4-5-8(9(16)10(17)18)13(14,15)6-7/h7-9H,4-6H2,1-3H3,(H,17,18)/t7-,8-,9-/m0/s1. The molecule has 2 bridgehead atoms. The fourth-order valence-electron chi connectivity index (χ4n) is 3.07. The summed E-state index contributed by atoms with van der Waals surface area (Å²) >= 11 is 0. The second kappa shape index (κ2) is 4.56. The Kier molecular flexibility index (Phi) is 3.42. The Labute approximate surface area is 115 Å². The van der Waals surface area contributed by atoms with Crippen molar-refractivity contribution in [1.29, 1.82) is 0 Å². The Bertz CT molecular complexity index is 433. The predicted octanol–water partition coefficient (Wildman–Crippen LogP) is 2.49. The lowest BCUT2D eigenvalue weighted by molar-refractivity contribution is -0.192. The Morgan fingerprint density at radius 2 is 1.90 bits per heavy atom. The molecule has 2 heterocycles. The van der Waals surface area contributed by atoms with E-state index in [9.17, 15) is 23.5 Å². The van der Waals surface area contributed by atoms with Crippen molar-refractivity contribution in [3.05, 3.63) is 0 Å². The number of piperidine rings is 2. The first kappa shape index (κ1) is 15.0. The summed E-state index contributed by atoms with van der Waals surface area (Å²) in [5, 5.41) is 9.23. The molecule has 20 heavy (non-hydrogen) atoms. The summed E-state index contributed by atoms with van der Waals surface area (Å²) in [6.07, 6.45) is -0.798. The quantitative estimate of drug-likeness (QED) is 0.806. The number of rotatable bonds is 1. The smallest absolute Gasteiger partial charge is 0.411 e. The van der Waals surface area contributed by atoms with Gasteiger partial charge in [-0.05, 0) is 33.6 Å². The van der Waals surface area contributed by atoms with Crippen LogP contribution in [-0.2, 0) is 9.53 Å². The van der Waals surface area contributed by atoms with Crippen LogP contribution in [0.2, 0.25) is 0 Å². The summed E-state index contributed by atoms with van der Waals surface area (Å²) in [5.41, 5.74) is -0.792. The molecule has 3 atom stereocenters.